The van der Waals surface area contributed by atoms with Crippen LogP contribution in [0.1, 0.15) is 19.4 Å². The average Bonchev–Trinajstić information content (AvgIpc) is 2.85. The summed E-state index contributed by atoms with van der Waals surface area (Å²) >= 11 is 0. The molecule has 0 heterocycles. The number of amides is 1. The SMILES string of the molecule is CCOc1ccc(N([C@@H](C)C(=O)Nc2ccc(S(=O)(=O)Nc3cc(C)ccc3OC)cc2)S(C)(=O)=O)cc1. The molecule has 1 amide bonds. The first-order valence-electron chi connectivity index (χ1n) is 11.7. The zero-order chi connectivity index (χ0) is 28.1. The van der Waals surface area contributed by atoms with Crippen LogP contribution in [0.2, 0.25) is 0 Å². The number of nitrogens with zero attached hydrogens (tertiary/aromatic N) is 1. The number of rotatable bonds is 11. The van der Waals surface area contributed by atoms with Gasteiger partial charge in [-0.2, -0.15) is 0 Å². The van der Waals surface area contributed by atoms with E-state index in [2.05, 4.69) is 10.0 Å². The topological polar surface area (TPSA) is 131 Å². The van der Waals surface area contributed by atoms with Crippen LogP contribution in [0.25, 0.3) is 0 Å². The van der Waals surface area contributed by atoms with Crippen LogP contribution in [0.5, 0.6) is 11.5 Å². The summed E-state index contributed by atoms with van der Waals surface area (Å²) in [7, 11) is -6.31. The quantitative estimate of drug-likeness (QED) is 0.362. The molecule has 0 spiro atoms. The highest BCUT2D eigenvalue weighted by Gasteiger charge is 2.29. The fourth-order valence-corrected chi connectivity index (χ4v) is 5.97. The van der Waals surface area contributed by atoms with Crippen LogP contribution in [-0.2, 0) is 24.8 Å². The van der Waals surface area contributed by atoms with Crippen molar-refractivity contribution in [2.24, 2.45) is 0 Å². The smallest absolute Gasteiger partial charge is 0.262 e. The lowest BCUT2D eigenvalue weighted by Crippen LogP contribution is -2.45. The van der Waals surface area contributed by atoms with E-state index in [1.54, 1.807) is 42.5 Å². The summed E-state index contributed by atoms with van der Waals surface area (Å²) in [5, 5.41) is 2.64. The van der Waals surface area contributed by atoms with Gasteiger partial charge in [-0.1, -0.05) is 6.07 Å². The lowest BCUT2D eigenvalue weighted by atomic mass is 10.2. The van der Waals surface area contributed by atoms with E-state index >= 15 is 0 Å². The number of methoxy groups -OCH3 is 1. The molecule has 1 atom stereocenters. The van der Waals surface area contributed by atoms with Crippen LogP contribution >= 0.6 is 0 Å². The third-order valence-corrected chi connectivity index (χ3v) is 8.15. The molecule has 0 aliphatic carbocycles. The fourth-order valence-electron chi connectivity index (χ4n) is 3.73. The maximum Gasteiger partial charge on any atom is 0.262 e. The van der Waals surface area contributed by atoms with Gasteiger partial charge in [0.25, 0.3) is 10.0 Å². The van der Waals surface area contributed by atoms with E-state index in [1.165, 1.54) is 38.3 Å². The lowest BCUT2D eigenvalue weighted by molar-refractivity contribution is -0.116. The summed E-state index contributed by atoms with van der Waals surface area (Å²) in [4.78, 5) is 13.0. The molecule has 0 saturated carbocycles. The van der Waals surface area contributed by atoms with Crippen molar-refractivity contribution in [3.8, 4) is 11.5 Å². The number of hydrogen-bond donors (Lipinski definition) is 2. The van der Waals surface area contributed by atoms with E-state index < -0.39 is 32.0 Å². The molecule has 0 saturated heterocycles. The molecule has 0 radical (unpaired) electrons. The number of aryl methyl sites for hydroxylation is 1. The highest BCUT2D eigenvalue weighted by atomic mass is 32.2. The van der Waals surface area contributed by atoms with E-state index in [1.807, 2.05) is 13.8 Å². The Morgan fingerprint density at radius 1 is 0.974 bits per heavy atom. The van der Waals surface area contributed by atoms with Crippen LogP contribution in [0.3, 0.4) is 0 Å². The summed E-state index contributed by atoms with van der Waals surface area (Å²) in [5.74, 6) is 0.356. The Morgan fingerprint density at radius 3 is 2.16 bits per heavy atom. The standard InChI is InChI=1S/C26H31N3O7S2/c1-6-36-22-12-10-21(11-13-22)29(37(5,31)32)19(3)26(30)27-20-8-14-23(15-9-20)38(33,34)28-24-17-18(2)7-16-25(24)35-4/h7-17,19,28H,6H2,1-5H3,(H,27,30)/t19-/m0/s1. The van der Waals surface area contributed by atoms with Gasteiger partial charge in [-0.3, -0.25) is 13.8 Å². The molecule has 0 bridgehead atoms. The summed E-state index contributed by atoms with van der Waals surface area (Å²) in [6.45, 7) is 5.59. The summed E-state index contributed by atoms with van der Waals surface area (Å²) < 4.78 is 65.1. The monoisotopic (exact) mass is 561 g/mol. The van der Waals surface area contributed by atoms with Crippen LogP contribution in [-0.4, -0.2) is 48.8 Å². The third kappa shape index (κ3) is 6.95. The van der Waals surface area contributed by atoms with Gasteiger partial charge in [0.2, 0.25) is 15.9 Å². The predicted octanol–water partition coefficient (Wildman–Crippen LogP) is 4.00. The molecule has 10 nitrogen and oxygen atoms in total. The van der Waals surface area contributed by atoms with Gasteiger partial charge in [-0.05, 0) is 87.0 Å². The zero-order valence-corrected chi connectivity index (χ0v) is 23.4. The van der Waals surface area contributed by atoms with Crippen molar-refractivity contribution in [1.29, 1.82) is 0 Å². The number of carbonyl (C=O) groups excluding carboxylic acids is 1. The van der Waals surface area contributed by atoms with Crippen LogP contribution in [0, 0.1) is 6.92 Å². The van der Waals surface area contributed by atoms with Gasteiger partial charge in [0.1, 0.15) is 17.5 Å². The molecular weight excluding hydrogens is 530 g/mol. The molecule has 3 aromatic carbocycles. The number of hydrogen-bond acceptors (Lipinski definition) is 7. The van der Waals surface area contributed by atoms with Crippen LogP contribution in [0.4, 0.5) is 17.1 Å². The zero-order valence-electron chi connectivity index (χ0n) is 21.8. The Balaban J connectivity index is 1.77. The Morgan fingerprint density at radius 2 is 1.61 bits per heavy atom. The second-order valence-corrected chi connectivity index (χ2v) is 12.0. The highest BCUT2D eigenvalue weighted by molar-refractivity contribution is 7.92. The first kappa shape index (κ1) is 28.8. The van der Waals surface area contributed by atoms with Gasteiger partial charge < -0.3 is 14.8 Å². The van der Waals surface area contributed by atoms with Crippen LogP contribution < -0.4 is 23.8 Å². The van der Waals surface area contributed by atoms with E-state index in [4.69, 9.17) is 9.47 Å². The first-order valence-corrected chi connectivity index (χ1v) is 15.0. The van der Waals surface area contributed by atoms with Gasteiger partial charge in [0.05, 0.1) is 36.2 Å². The normalized spacial score (nSPS) is 12.3. The Hall–Kier alpha value is -3.77. The second-order valence-electron chi connectivity index (χ2n) is 8.48. The molecule has 0 aliphatic rings. The average molecular weight is 562 g/mol. The fraction of sp³-hybridized carbons (Fsp3) is 0.269. The summed E-state index contributed by atoms with van der Waals surface area (Å²) in [5.41, 5.74) is 1.75. The molecule has 0 unspecified atom stereocenters. The molecule has 38 heavy (non-hydrogen) atoms. The van der Waals surface area contributed by atoms with Crippen molar-refractivity contribution < 1.29 is 31.1 Å². The number of nitrogens with one attached hydrogen (secondary N) is 2. The highest BCUT2D eigenvalue weighted by Crippen LogP contribution is 2.28. The Kier molecular flexibility index (Phi) is 8.89. The van der Waals surface area contributed by atoms with Gasteiger partial charge >= 0.3 is 0 Å². The van der Waals surface area contributed by atoms with E-state index in [-0.39, 0.29) is 4.90 Å². The minimum Gasteiger partial charge on any atom is -0.495 e. The molecule has 0 aromatic heterocycles. The minimum atomic E-state index is -3.94. The molecule has 0 fully saturated rings. The molecule has 12 heteroatoms. The number of anilines is 3. The number of ether oxygens (including phenoxy) is 2. The van der Waals surface area contributed by atoms with Gasteiger partial charge in [0, 0.05) is 5.69 Å². The molecule has 204 valence electrons. The Bertz CT molecular complexity index is 1490. The van der Waals surface area contributed by atoms with Crippen LogP contribution in [0.15, 0.2) is 71.6 Å². The molecule has 0 aliphatic heterocycles. The maximum atomic E-state index is 13.0. The van der Waals surface area contributed by atoms with Gasteiger partial charge in [-0.25, -0.2) is 16.8 Å². The summed E-state index contributed by atoms with van der Waals surface area (Å²) in [6, 6.07) is 15.9. The lowest BCUT2D eigenvalue weighted by Gasteiger charge is -2.28. The minimum absolute atomic E-state index is 0.0285. The first-order chi connectivity index (χ1) is 17.9. The van der Waals surface area contributed by atoms with Crippen molar-refractivity contribution in [2.75, 3.05) is 34.3 Å². The second kappa shape index (κ2) is 11.7. The molecule has 3 aromatic rings. The molecular formula is C26H31N3O7S2. The Labute approximate surface area is 223 Å². The third-order valence-electron chi connectivity index (χ3n) is 5.52. The number of sulfonamides is 2. The van der Waals surface area contributed by atoms with E-state index in [0.29, 0.717) is 35.2 Å². The van der Waals surface area contributed by atoms with E-state index in [0.717, 1.165) is 16.1 Å². The number of carbonyl (C=O) groups is 1. The van der Waals surface area contributed by atoms with Crippen molar-refractivity contribution in [1.82, 2.24) is 0 Å². The molecule has 3 rings (SSSR count). The number of benzene rings is 3. The van der Waals surface area contributed by atoms with Crippen molar-refractivity contribution in [3.05, 3.63) is 72.3 Å². The van der Waals surface area contributed by atoms with Crippen molar-refractivity contribution >= 4 is 43.0 Å². The van der Waals surface area contributed by atoms with E-state index in [9.17, 15) is 21.6 Å². The van der Waals surface area contributed by atoms with Gasteiger partial charge in [0.15, 0.2) is 0 Å². The largest absolute Gasteiger partial charge is 0.495 e. The molecule has 2 N–H and O–H groups in total. The predicted molar refractivity (Wildman–Crippen MR) is 148 cm³/mol. The van der Waals surface area contributed by atoms with Crippen molar-refractivity contribution in [2.45, 2.75) is 31.7 Å². The maximum absolute atomic E-state index is 13.0. The summed E-state index contributed by atoms with van der Waals surface area (Å²) in [6.07, 6.45) is 1.02. The van der Waals surface area contributed by atoms with Gasteiger partial charge in [-0.15, -0.1) is 0 Å². The van der Waals surface area contributed by atoms with Crippen molar-refractivity contribution in [3.63, 3.8) is 0 Å².